The van der Waals surface area contributed by atoms with Gasteiger partial charge in [0.15, 0.2) is 0 Å². The molecule has 1 amide bonds. The highest BCUT2D eigenvalue weighted by Crippen LogP contribution is 2.22. The predicted molar refractivity (Wildman–Crippen MR) is 128 cm³/mol. The molecule has 3 aromatic carbocycles. The second-order valence-corrected chi connectivity index (χ2v) is 9.58. The molecule has 8 heteroatoms. The summed E-state index contributed by atoms with van der Waals surface area (Å²) < 4.78 is 25.1. The average Bonchev–Trinajstić information content (AvgIpc) is 2.86. The normalized spacial score (nSPS) is 14.1. The molecule has 0 unspecified atom stereocenters. The molecule has 3 aromatic rings. The number of piperidine rings is 1. The Morgan fingerprint density at radius 1 is 0.879 bits per heavy atom. The molecule has 7 nitrogen and oxygen atoms in total. The van der Waals surface area contributed by atoms with Gasteiger partial charge in [0.1, 0.15) is 0 Å². The van der Waals surface area contributed by atoms with Gasteiger partial charge in [0.25, 0.3) is 15.9 Å². The minimum Gasteiger partial charge on any atom is -0.372 e. The number of carbonyl (C=O) groups is 1. The number of hydrogen-bond acceptors (Lipinski definition) is 5. The monoisotopic (exact) mass is 465 g/mol. The highest BCUT2D eigenvalue weighted by Gasteiger charge is 2.17. The summed E-state index contributed by atoms with van der Waals surface area (Å²) in [6, 6.07) is 22.8. The first-order valence-electron chi connectivity index (χ1n) is 11.0. The van der Waals surface area contributed by atoms with Gasteiger partial charge in [-0.3, -0.25) is 9.63 Å². The van der Waals surface area contributed by atoms with Crippen molar-refractivity contribution in [3.8, 4) is 0 Å². The minimum atomic E-state index is -3.94. The molecule has 0 atom stereocenters. The van der Waals surface area contributed by atoms with Crippen LogP contribution in [-0.4, -0.2) is 27.4 Å². The Kier molecular flexibility index (Phi) is 7.39. The van der Waals surface area contributed by atoms with Gasteiger partial charge in [-0.05, 0) is 67.3 Å². The van der Waals surface area contributed by atoms with Crippen molar-refractivity contribution in [3.05, 3.63) is 90.0 Å². The molecule has 0 aromatic heterocycles. The fourth-order valence-corrected chi connectivity index (χ4v) is 4.58. The maximum atomic E-state index is 12.7. The van der Waals surface area contributed by atoms with Crippen molar-refractivity contribution in [1.29, 1.82) is 0 Å². The fourth-order valence-electron chi connectivity index (χ4n) is 3.73. The van der Waals surface area contributed by atoms with Gasteiger partial charge in [-0.1, -0.05) is 41.3 Å². The first kappa shape index (κ1) is 23.0. The third-order valence-electron chi connectivity index (χ3n) is 5.50. The lowest BCUT2D eigenvalue weighted by molar-refractivity contribution is 0.0795. The summed E-state index contributed by atoms with van der Waals surface area (Å²) in [6.07, 6.45) is 3.67. The number of hydrogen-bond donors (Lipinski definition) is 2. The molecule has 1 fully saturated rings. The number of nitrogens with one attached hydrogen (secondary N) is 2. The van der Waals surface area contributed by atoms with Crippen molar-refractivity contribution in [2.24, 2.45) is 0 Å². The number of amides is 1. The van der Waals surface area contributed by atoms with Crippen molar-refractivity contribution in [2.45, 2.75) is 30.8 Å². The standard InChI is InChI=1S/C25H27N3O4S/c29-25(26-22-12-14-23(15-13-22)28-16-5-2-6-17-28)21-10-7-11-24(18-21)33(30,31)27-32-19-20-8-3-1-4-9-20/h1,3-4,7-15,18,27H,2,5-6,16-17,19H2,(H,26,29). The summed E-state index contributed by atoms with van der Waals surface area (Å²) >= 11 is 0. The van der Waals surface area contributed by atoms with Crippen LogP contribution in [0.4, 0.5) is 11.4 Å². The van der Waals surface area contributed by atoms with Crippen LogP contribution in [0.1, 0.15) is 35.2 Å². The van der Waals surface area contributed by atoms with Crippen LogP contribution >= 0.6 is 0 Å². The molecular formula is C25H27N3O4S. The highest BCUT2D eigenvalue weighted by atomic mass is 32.2. The van der Waals surface area contributed by atoms with E-state index in [1.807, 2.05) is 54.6 Å². The molecule has 1 aliphatic rings. The molecule has 1 heterocycles. The minimum absolute atomic E-state index is 0.0522. The molecule has 0 spiro atoms. The smallest absolute Gasteiger partial charge is 0.262 e. The predicted octanol–water partition coefficient (Wildman–Crippen LogP) is 4.34. The molecule has 0 bridgehead atoms. The highest BCUT2D eigenvalue weighted by molar-refractivity contribution is 7.89. The van der Waals surface area contributed by atoms with E-state index >= 15 is 0 Å². The third kappa shape index (κ3) is 6.19. The molecule has 0 aliphatic carbocycles. The molecule has 172 valence electrons. The van der Waals surface area contributed by atoms with E-state index in [0.29, 0.717) is 5.69 Å². The van der Waals surface area contributed by atoms with E-state index < -0.39 is 10.0 Å². The van der Waals surface area contributed by atoms with Crippen LogP contribution in [0.15, 0.2) is 83.8 Å². The molecule has 0 saturated carbocycles. The van der Waals surface area contributed by atoms with Gasteiger partial charge >= 0.3 is 0 Å². The van der Waals surface area contributed by atoms with Crippen molar-refractivity contribution in [1.82, 2.24) is 4.89 Å². The zero-order valence-corrected chi connectivity index (χ0v) is 19.1. The molecule has 0 radical (unpaired) electrons. The Morgan fingerprint density at radius 2 is 1.61 bits per heavy atom. The van der Waals surface area contributed by atoms with Crippen molar-refractivity contribution < 1.29 is 18.0 Å². The number of carbonyl (C=O) groups excluding carboxylic acids is 1. The maximum absolute atomic E-state index is 12.7. The zero-order chi connectivity index (χ0) is 23.1. The van der Waals surface area contributed by atoms with E-state index in [9.17, 15) is 13.2 Å². The van der Waals surface area contributed by atoms with Gasteiger partial charge in [-0.25, -0.2) is 8.42 Å². The second-order valence-electron chi connectivity index (χ2n) is 7.94. The van der Waals surface area contributed by atoms with E-state index in [4.69, 9.17) is 4.84 Å². The Hall–Kier alpha value is -3.20. The lowest BCUT2D eigenvalue weighted by atomic mass is 10.1. The number of sulfonamides is 1. The quantitative estimate of drug-likeness (QED) is 0.483. The number of benzene rings is 3. The molecule has 4 rings (SSSR count). The van der Waals surface area contributed by atoms with Crippen molar-refractivity contribution >= 4 is 27.3 Å². The first-order valence-corrected chi connectivity index (χ1v) is 12.4. The average molecular weight is 466 g/mol. The van der Waals surface area contributed by atoms with Crippen LogP contribution in [0.2, 0.25) is 0 Å². The van der Waals surface area contributed by atoms with E-state index in [2.05, 4.69) is 15.1 Å². The van der Waals surface area contributed by atoms with Crippen LogP contribution in [0.3, 0.4) is 0 Å². The molecule has 33 heavy (non-hydrogen) atoms. The summed E-state index contributed by atoms with van der Waals surface area (Å²) in [7, 11) is -3.94. The van der Waals surface area contributed by atoms with Crippen LogP contribution in [-0.2, 0) is 21.5 Å². The van der Waals surface area contributed by atoms with Crippen LogP contribution in [0.25, 0.3) is 0 Å². The van der Waals surface area contributed by atoms with Crippen LogP contribution in [0.5, 0.6) is 0 Å². The topological polar surface area (TPSA) is 87.7 Å². The van der Waals surface area contributed by atoms with Gasteiger partial charge < -0.3 is 10.2 Å². The lowest BCUT2D eigenvalue weighted by Gasteiger charge is -2.28. The van der Waals surface area contributed by atoms with Gasteiger partial charge in [0.2, 0.25) is 0 Å². The van der Waals surface area contributed by atoms with Crippen molar-refractivity contribution in [2.75, 3.05) is 23.3 Å². The van der Waals surface area contributed by atoms with E-state index in [1.54, 1.807) is 6.07 Å². The van der Waals surface area contributed by atoms with E-state index in [1.165, 1.54) is 37.5 Å². The molecule has 2 N–H and O–H groups in total. The Labute approximate surface area is 194 Å². The third-order valence-corrected chi connectivity index (χ3v) is 6.72. The molecule has 1 aliphatic heterocycles. The van der Waals surface area contributed by atoms with Gasteiger partial charge in [-0.15, -0.1) is 0 Å². The zero-order valence-electron chi connectivity index (χ0n) is 18.2. The van der Waals surface area contributed by atoms with Crippen LogP contribution in [0, 0.1) is 0 Å². The van der Waals surface area contributed by atoms with E-state index in [-0.39, 0.29) is 23.0 Å². The van der Waals surface area contributed by atoms with Crippen molar-refractivity contribution in [3.63, 3.8) is 0 Å². The first-order chi connectivity index (χ1) is 16.0. The summed E-state index contributed by atoms with van der Waals surface area (Å²) in [6.45, 7) is 2.19. The van der Waals surface area contributed by atoms with Crippen LogP contribution < -0.4 is 15.1 Å². The summed E-state index contributed by atoms with van der Waals surface area (Å²) in [5, 5.41) is 2.83. The SMILES string of the molecule is O=C(Nc1ccc(N2CCCCC2)cc1)c1cccc(S(=O)(=O)NOCc2ccccc2)c1. The Bertz CT molecular complexity index is 1180. The lowest BCUT2D eigenvalue weighted by Crippen LogP contribution is -2.29. The summed E-state index contributed by atoms with van der Waals surface area (Å²) in [5.74, 6) is -0.386. The largest absolute Gasteiger partial charge is 0.372 e. The number of rotatable bonds is 8. The fraction of sp³-hybridized carbons (Fsp3) is 0.240. The molecular weight excluding hydrogens is 438 g/mol. The molecule has 1 saturated heterocycles. The second kappa shape index (κ2) is 10.6. The number of anilines is 2. The van der Waals surface area contributed by atoms with Gasteiger partial charge in [0, 0.05) is 30.0 Å². The number of nitrogens with zero attached hydrogens (tertiary/aromatic N) is 1. The Balaban J connectivity index is 1.37. The summed E-state index contributed by atoms with van der Waals surface area (Å²) in [4.78, 5) is 22.3. The van der Waals surface area contributed by atoms with Gasteiger partial charge in [0.05, 0.1) is 11.5 Å². The Morgan fingerprint density at radius 3 is 2.33 bits per heavy atom. The van der Waals surface area contributed by atoms with Gasteiger partial charge in [-0.2, -0.15) is 0 Å². The maximum Gasteiger partial charge on any atom is 0.262 e. The van der Waals surface area contributed by atoms with E-state index in [0.717, 1.165) is 24.3 Å². The summed E-state index contributed by atoms with van der Waals surface area (Å²) in [5.41, 5.74) is 2.86.